The molecule has 14 heteroatoms. The summed E-state index contributed by atoms with van der Waals surface area (Å²) in [6.45, 7) is 0. The fourth-order valence-electron chi connectivity index (χ4n) is 3.01. The number of amides is 3. The highest BCUT2D eigenvalue weighted by atomic mass is 32.1. The minimum atomic E-state index is -1.42. The van der Waals surface area contributed by atoms with E-state index in [-0.39, 0.29) is 31.4 Å². The molecule has 0 aliphatic carbocycles. The van der Waals surface area contributed by atoms with Crippen LogP contribution in [0.2, 0.25) is 0 Å². The Kier molecular flexibility index (Phi) is 13.0. The van der Waals surface area contributed by atoms with Crippen LogP contribution in [0.15, 0.2) is 30.3 Å². The smallest absolute Gasteiger partial charge is 0.327 e. The summed E-state index contributed by atoms with van der Waals surface area (Å²) in [5.74, 6) is -6.59. The van der Waals surface area contributed by atoms with Crippen LogP contribution in [0.3, 0.4) is 0 Å². The Bertz CT molecular complexity index is 945. The second kappa shape index (κ2) is 15.4. The molecular weight excluding hydrogens is 496 g/mol. The molecule has 0 saturated heterocycles. The normalized spacial score (nSPS) is 13.9. The Labute approximate surface area is 212 Å². The molecule has 4 unspecified atom stereocenters. The number of nitrogens with two attached hydrogens (primary N) is 1. The van der Waals surface area contributed by atoms with Crippen LogP contribution in [0.5, 0.6) is 0 Å². The number of benzene rings is 1. The van der Waals surface area contributed by atoms with E-state index in [1.54, 1.807) is 30.3 Å². The lowest BCUT2D eigenvalue weighted by molar-refractivity contribution is -0.142. The molecule has 1 aromatic rings. The number of thiol groups is 1. The minimum absolute atomic E-state index is 0.0221. The van der Waals surface area contributed by atoms with Crippen molar-refractivity contribution in [3.05, 3.63) is 35.9 Å². The van der Waals surface area contributed by atoms with Crippen molar-refractivity contribution in [2.45, 2.75) is 56.3 Å². The number of carboxylic acid groups (broad SMARTS) is 3. The zero-order valence-electron chi connectivity index (χ0n) is 19.3. The van der Waals surface area contributed by atoms with E-state index in [0.29, 0.717) is 5.56 Å². The van der Waals surface area contributed by atoms with Gasteiger partial charge in [-0.1, -0.05) is 30.3 Å². The third kappa shape index (κ3) is 11.2. The first-order chi connectivity index (χ1) is 16.9. The van der Waals surface area contributed by atoms with Crippen LogP contribution < -0.4 is 21.7 Å². The Hall–Kier alpha value is -3.65. The zero-order chi connectivity index (χ0) is 27.3. The van der Waals surface area contributed by atoms with E-state index < -0.39 is 66.2 Å². The molecule has 0 spiro atoms. The first-order valence-electron chi connectivity index (χ1n) is 10.9. The Morgan fingerprint density at radius 3 is 1.78 bits per heavy atom. The quantitative estimate of drug-likeness (QED) is 0.119. The number of hydrogen-bond acceptors (Lipinski definition) is 8. The maximum Gasteiger partial charge on any atom is 0.327 e. The Balaban J connectivity index is 3.08. The van der Waals surface area contributed by atoms with Crippen molar-refractivity contribution < 1.29 is 44.1 Å². The molecule has 1 aromatic carbocycles. The van der Waals surface area contributed by atoms with Crippen molar-refractivity contribution in [1.82, 2.24) is 16.0 Å². The van der Waals surface area contributed by atoms with Gasteiger partial charge in [-0.3, -0.25) is 24.0 Å². The third-order valence-corrected chi connectivity index (χ3v) is 5.36. The van der Waals surface area contributed by atoms with Gasteiger partial charge in [0.25, 0.3) is 0 Å². The van der Waals surface area contributed by atoms with E-state index in [9.17, 15) is 28.8 Å². The van der Waals surface area contributed by atoms with Gasteiger partial charge in [0.2, 0.25) is 17.7 Å². The summed E-state index contributed by atoms with van der Waals surface area (Å²) in [5.41, 5.74) is 6.38. The molecule has 0 aliphatic heterocycles. The van der Waals surface area contributed by atoms with E-state index >= 15 is 0 Å². The lowest BCUT2D eigenvalue weighted by Gasteiger charge is -2.25. The molecule has 8 N–H and O–H groups in total. The van der Waals surface area contributed by atoms with Gasteiger partial charge >= 0.3 is 17.9 Å². The predicted molar refractivity (Wildman–Crippen MR) is 129 cm³/mol. The van der Waals surface area contributed by atoms with E-state index in [0.717, 1.165) is 0 Å². The first kappa shape index (κ1) is 30.4. The molecule has 4 atom stereocenters. The molecule has 198 valence electrons. The number of hydrogen-bond donors (Lipinski definition) is 8. The lowest BCUT2D eigenvalue weighted by atomic mass is 10.0. The fourth-order valence-corrected chi connectivity index (χ4v) is 3.26. The van der Waals surface area contributed by atoms with Gasteiger partial charge in [-0.05, 0) is 18.4 Å². The average Bonchev–Trinajstić information content (AvgIpc) is 2.82. The number of carbonyl (C=O) groups is 6. The Morgan fingerprint density at radius 2 is 1.25 bits per heavy atom. The summed E-state index contributed by atoms with van der Waals surface area (Å²) < 4.78 is 0. The molecule has 0 bridgehead atoms. The van der Waals surface area contributed by atoms with Crippen LogP contribution in [0.25, 0.3) is 0 Å². The number of rotatable bonds is 16. The van der Waals surface area contributed by atoms with Crippen LogP contribution in [-0.4, -0.2) is 80.9 Å². The van der Waals surface area contributed by atoms with Gasteiger partial charge in [0.1, 0.15) is 18.1 Å². The standard InChI is InChI=1S/C22H30N4O9S/c23-13(6-8-17(27)28)19(31)25-15(10-12-4-2-1-3-5-12)21(33)24-14(7-9-18(29)30)20(32)26-16(11-36)22(34)35/h1-5,13-16,36H,6-11,23H2,(H,24,33)(H,25,31)(H,26,32)(H,27,28)(H,29,30)(H,34,35). The summed E-state index contributed by atoms with van der Waals surface area (Å²) in [5, 5.41) is 33.9. The molecule has 0 saturated carbocycles. The molecule has 13 nitrogen and oxygen atoms in total. The van der Waals surface area contributed by atoms with Crippen molar-refractivity contribution in [2.75, 3.05) is 5.75 Å². The molecule has 0 heterocycles. The lowest BCUT2D eigenvalue weighted by Crippen LogP contribution is -2.57. The number of carbonyl (C=O) groups excluding carboxylic acids is 3. The highest BCUT2D eigenvalue weighted by Crippen LogP contribution is 2.07. The molecule has 0 fully saturated rings. The van der Waals surface area contributed by atoms with Crippen molar-refractivity contribution in [3.8, 4) is 0 Å². The summed E-state index contributed by atoms with van der Waals surface area (Å²) in [6.07, 6.45) is -1.42. The summed E-state index contributed by atoms with van der Waals surface area (Å²) in [7, 11) is 0. The van der Waals surface area contributed by atoms with Gasteiger partial charge in [-0.2, -0.15) is 12.6 Å². The second-order valence-electron chi connectivity index (χ2n) is 7.87. The van der Waals surface area contributed by atoms with Crippen LogP contribution in [0.4, 0.5) is 0 Å². The fraction of sp³-hybridized carbons (Fsp3) is 0.455. The van der Waals surface area contributed by atoms with Gasteiger partial charge < -0.3 is 37.0 Å². The van der Waals surface area contributed by atoms with Crippen molar-refractivity contribution in [3.63, 3.8) is 0 Å². The van der Waals surface area contributed by atoms with Crippen molar-refractivity contribution >= 4 is 48.3 Å². The van der Waals surface area contributed by atoms with Crippen LogP contribution in [0, 0.1) is 0 Å². The highest BCUT2D eigenvalue weighted by molar-refractivity contribution is 7.80. The topological polar surface area (TPSA) is 225 Å². The zero-order valence-corrected chi connectivity index (χ0v) is 20.1. The Morgan fingerprint density at radius 1 is 0.750 bits per heavy atom. The third-order valence-electron chi connectivity index (χ3n) is 5.00. The molecule has 3 amide bonds. The minimum Gasteiger partial charge on any atom is -0.481 e. The predicted octanol–water partition coefficient (Wildman–Crippen LogP) is -1.25. The molecule has 36 heavy (non-hydrogen) atoms. The summed E-state index contributed by atoms with van der Waals surface area (Å²) in [6, 6.07) is 3.26. The molecule has 0 aliphatic rings. The van der Waals surface area contributed by atoms with Gasteiger partial charge in [-0.15, -0.1) is 0 Å². The first-order valence-corrected chi connectivity index (χ1v) is 11.6. The van der Waals surface area contributed by atoms with Crippen molar-refractivity contribution in [2.24, 2.45) is 5.73 Å². The van der Waals surface area contributed by atoms with Crippen LogP contribution in [0.1, 0.15) is 31.2 Å². The van der Waals surface area contributed by atoms with Gasteiger partial charge in [-0.25, -0.2) is 4.79 Å². The summed E-state index contributed by atoms with van der Waals surface area (Å²) in [4.78, 5) is 71.3. The van der Waals surface area contributed by atoms with Crippen LogP contribution >= 0.6 is 12.6 Å². The van der Waals surface area contributed by atoms with E-state index in [1.807, 2.05) is 0 Å². The van der Waals surface area contributed by atoms with Gasteiger partial charge in [0, 0.05) is 25.0 Å². The molecular formula is C22H30N4O9S. The van der Waals surface area contributed by atoms with E-state index in [2.05, 4.69) is 28.6 Å². The number of aliphatic carboxylic acids is 3. The molecule has 0 radical (unpaired) electrons. The van der Waals surface area contributed by atoms with E-state index in [4.69, 9.17) is 21.1 Å². The average molecular weight is 527 g/mol. The maximum atomic E-state index is 13.1. The van der Waals surface area contributed by atoms with Gasteiger partial charge in [0.15, 0.2) is 0 Å². The monoisotopic (exact) mass is 526 g/mol. The van der Waals surface area contributed by atoms with Crippen LogP contribution in [-0.2, 0) is 35.2 Å². The van der Waals surface area contributed by atoms with Crippen molar-refractivity contribution in [1.29, 1.82) is 0 Å². The molecule has 1 rings (SSSR count). The largest absolute Gasteiger partial charge is 0.481 e. The number of carboxylic acids is 3. The highest BCUT2D eigenvalue weighted by Gasteiger charge is 2.30. The number of nitrogens with one attached hydrogen (secondary N) is 3. The second-order valence-corrected chi connectivity index (χ2v) is 8.23. The van der Waals surface area contributed by atoms with E-state index in [1.165, 1.54) is 0 Å². The maximum absolute atomic E-state index is 13.1. The van der Waals surface area contributed by atoms with Gasteiger partial charge in [0.05, 0.1) is 6.04 Å². The summed E-state index contributed by atoms with van der Waals surface area (Å²) >= 11 is 3.85. The SMILES string of the molecule is NC(CCC(=O)O)C(=O)NC(Cc1ccccc1)C(=O)NC(CCC(=O)O)C(=O)NC(CS)C(=O)O. The molecule has 0 aromatic heterocycles.